The minimum Gasteiger partial charge on any atom is -0.341 e. The molecule has 2 rings (SSSR count). The molecule has 0 spiro atoms. The van der Waals surface area contributed by atoms with Gasteiger partial charge in [0.05, 0.1) is 16.2 Å². The molecule has 1 aromatic rings. The smallest absolute Gasteiger partial charge is 0.316 e. The van der Waals surface area contributed by atoms with Crippen LogP contribution in [0.25, 0.3) is 0 Å². The molecule has 0 saturated heterocycles. The number of hydrogen-bond donors (Lipinski definition) is 0. The molecule has 106 valence electrons. The Morgan fingerprint density at radius 2 is 2.05 bits per heavy atom. The third-order valence-electron chi connectivity index (χ3n) is 3.07. The van der Waals surface area contributed by atoms with Gasteiger partial charge >= 0.3 is 11.8 Å². The van der Waals surface area contributed by atoms with E-state index in [1.54, 1.807) is 0 Å². The first-order valence-electron chi connectivity index (χ1n) is 5.83. The fourth-order valence-corrected chi connectivity index (χ4v) is 2.34. The Morgan fingerprint density at radius 3 is 2.60 bits per heavy atom. The molecule has 0 aromatic heterocycles. The lowest BCUT2D eigenvalue weighted by Crippen LogP contribution is -2.41. The van der Waals surface area contributed by atoms with Crippen LogP contribution in [0.15, 0.2) is 12.1 Å². The normalized spacial score (nSPS) is 13.1. The van der Waals surface area contributed by atoms with Gasteiger partial charge in [-0.15, -0.1) is 0 Å². The molecule has 0 bridgehead atoms. The van der Waals surface area contributed by atoms with Crippen LogP contribution in [-0.2, 0) is 16.0 Å². The number of fused-ring (bicyclic) bond motifs is 1. The predicted octanol–water partition coefficient (Wildman–Crippen LogP) is 1.23. The van der Waals surface area contributed by atoms with E-state index < -0.39 is 16.7 Å². The van der Waals surface area contributed by atoms with Crippen molar-refractivity contribution in [3.8, 4) is 0 Å². The Balaban J connectivity index is 2.46. The molecule has 1 heterocycles. The maximum absolute atomic E-state index is 12.1. The zero-order valence-corrected chi connectivity index (χ0v) is 11.7. The van der Waals surface area contributed by atoms with Crippen molar-refractivity contribution in [1.29, 1.82) is 0 Å². The minimum atomic E-state index is -0.717. The lowest BCUT2D eigenvalue weighted by atomic mass is 10.1. The largest absolute Gasteiger partial charge is 0.341 e. The fraction of sp³-hybridized carbons (Fsp3) is 0.333. The number of carbonyl (C=O) groups is 2. The molecule has 0 atom stereocenters. The van der Waals surface area contributed by atoms with Crippen molar-refractivity contribution in [2.24, 2.45) is 0 Å². The number of likely N-dealkylation sites (N-methyl/N-ethyl adjacent to an activating group) is 1. The zero-order chi connectivity index (χ0) is 15.0. The van der Waals surface area contributed by atoms with Crippen LogP contribution in [0.1, 0.15) is 5.56 Å². The maximum Gasteiger partial charge on any atom is 0.316 e. The summed E-state index contributed by atoms with van der Waals surface area (Å²) < 4.78 is 0. The SMILES string of the molecule is CN(C)C(=O)C(=O)N1CCc2c1cc(Cl)cc2[N+](=O)[O-]. The van der Waals surface area contributed by atoms with Crippen LogP contribution >= 0.6 is 11.6 Å². The first-order chi connectivity index (χ1) is 9.32. The van der Waals surface area contributed by atoms with E-state index in [2.05, 4.69) is 0 Å². The Morgan fingerprint density at radius 1 is 1.40 bits per heavy atom. The van der Waals surface area contributed by atoms with Gasteiger partial charge in [0.2, 0.25) is 0 Å². The van der Waals surface area contributed by atoms with Crippen LogP contribution in [0.3, 0.4) is 0 Å². The number of nitro groups is 1. The highest BCUT2D eigenvalue weighted by Gasteiger charge is 2.34. The first-order valence-corrected chi connectivity index (χ1v) is 6.20. The molecule has 7 nitrogen and oxygen atoms in total. The van der Waals surface area contributed by atoms with Crippen LogP contribution in [0.2, 0.25) is 5.02 Å². The molecule has 0 aliphatic carbocycles. The number of hydrogen-bond acceptors (Lipinski definition) is 4. The number of amides is 2. The van der Waals surface area contributed by atoms with Gasteiger partial charge in [0.1, 0.15) is 0 Å². The summed E-state index contributed by atoms with van der Waals surface area (Å²) in [6.07, 6.45) is 0.329. The number of carbonyl (C=O) groups excluding carboxylic acids is 2. The average molecular weight is 298 g/mol. The van der Waals surface area contributed by atoms with Gasteiger partial charge in [0.15, 0.2) is 0 Å². The van der Waals surface area contributed by atoms with Gasteiger partial charge < -0.3 is 9.80 Å². The third-order valence-corrected chi connectivity index (χ3v) is 3.29. The molecule has 0 N–H and O–H groups in total. The molecule has 0 fully saturated rings. The maximum atomic E-state index is 12.1. The van der Waals surface area contributed by atoms with E-state index in [-0.39, 0.29) is 17.3 Å². The summed E-state index contributed by atoms with van der Waals surface area (Å²) in [6, 6.07) is 2.72. The van der Waals surface area contributed by atoms with Crippen LogP contribution in [0.4, 0.5) is 11.4 Å². The van der Waals surface area contributed by atoms with E-state index in [0.29, 0.717) is 17.7 Å². The van der Waals surface area contributed by atoms with Gasteiger partial charge in [0, 0.05) is 31.7 Å². The lowest BCUT2D eigenvalue weighted by molar-refractivity contribution is -0.385. The van der Waals surface area contributed by atoms with E-state index in [4.69, 9.17) is 11.6 Å². The highest BCUT2D eigenvalue weighted by molar-refractivity contribution is 6.40. The zero-order valence-electron chi connectivity index (χ0n) is 10.9. The van der Waals surface area contributed by atoms with Crippen LogP contribution in [0.5, 0.6) is 0 Å². The number of nitrogens with zero attached hydrogens (tertiary/aromatic N) is 3. The number of anilines is 1. The second kappa shape index (κ2) is 5.09. The monoisotopic (exact) mass is 297 g/mol. The second-order valence-corrected chi connectivity index (χ2v) is 5.02. The first kappa shape index (κ1) is 14.3. The number of benzene rings is 1. The van der Waals surface area contributed by atoms with Gasteiger partial charge in [-0.3, -0.25) is 19.7 Å². The Hall–Kier alpha value is -2.15. The molecule has 20 heavy (non-hydrogen) atoms. The lowest BCUT2D eigenvalue weighted by Gasteiger charge is -2.19. The standard InChI is InChI=1S/C12H12ClN3O4/c1-14(2)11(17)12(18)15-4-3-8-9(15)5-7(13)6-10(8)16(19)20/h5-6H,3-4H2,1-2H3. The minimum absolute atomic E-state index is 0.125. The number of rotatable bonds is 1. The highest BCUT2D eigenvalue weighted by atomic mass is 35.5. The van der Waals surface area contributed by atoms with Gasteiger partial charge in [-0.05, 0) is 12.5 Å². The summed E-state index contributed by atoms with van der Waals surface area (Å²) in [7, 11) is 2.94. The molecule has 0 unspecified atom stereocenters. The molecular formula is C12H12ClN3O4. The Labute approximate surface area is 119 Å². The molecule has 1 aromatic carbocycles. The topological polar surface area (TPSA) is 83.8 Å². The van der Waals surface area contributed by atoms with Crippen LogP contribution in [0, 0.1) is 10.1 Å². The number of nitro benzene ring substituents is 1. The van der Waals surface area contributed by atoms with Gasteiger partial charge in [-0.25, -0.2) is 0 Å². The van der Waals surface area contributed by atoms with Crippen molar-refractivity contribution in [1.82, 2.24) is 4.90 Å². The quantitative estimate of drug-likeness (QED) is 0.443. The van der Waals surface area contributed by atoms with Crippen molar-refractivity contribution in [2.75, 3.05) is 25.5 Å². The second-order valence-electron chi connectivity index (χ2n) is 4.59. The molecular weight excluding hydrogens is 286 g/mol. The van der Waals surface area contributed by atoms with Crippen LogP contribution in [-0.4, -0.2) is 42.3 Å². The summed E-state index contributed by atoms with van der Waals surface area (Å²) in [5.74, 6) is -1.40. The molecule has 2 amide bonds. The molecule has 8 heteroatoms. The van der Waals surface area contributed by atoms with Crippen molar-refractivity contribution in [2.45, 2.75) is 6.42 Å². The molecule has 1 aliphatic rings. The van der Waals surface area contributed by atoms with E-state index in [1.165, 1.54) is 36.0 Å². The molecule has 0 radical (unpaired) electrons. The summed E-state index contributed by atoms with van der Waals surface area (Å²) >= 11 is 5.85. The highest BCUT2D eigenvalue weighted by Crippen LogP contribution is 2.37. The van der Waals surface area contributed by atoms with Gasteiger partial charge in [-0.2, -0.15) is 0 Å². The van der Waals surface area contributed by atoms with Crippen molar-refractivity contribution in [3.05, 3.63) is 32.8 Å². The van der Waals surface area contributed by atoms with Crippen molar-refractivity contribution in [3.63, 3.8) is 0 Å². The summed E-state index contributed by atoms with van der Waals surface area (Å²) in [5, 5.41) is 11.2. The predicted molar refractivity (Wildman–Crippen MR) is 72.9 cm³/mol. The Bertz CT molecular complexity index is 615. The molecule has 0 saturated carbocycles. The third kappa shape index (κ3) is 2.32. The van der Waals surface area contributed by atoms with Crippen molar-refractivity contribution >= 4 is 34.8 Å². The van der Waals surface area contributed by atoms with Gasteiger partial charge in [0.25, 0.3) is 5.69 Å². The van der Waals surface area contributed by atoms with E-state index in [9.17, 15) is 19.7 Å². The fourth-order valence-electron chi connectivity index (χ4n) is 2.13. The average Bonchev–Trinajstić information content (AvgIpc) is 2.79. The van der Waals surface area contributed by atoms with E-state index in [0.717, 1.165) is 0 Å². The Kier molecular flexibility index (Phi) is 3.63. The van der Waals surface area contributed by atoms with E-state index >= 15 is 0 Å². The summed E-state index contributed by atoms with van der Waals surface area (Å²) in [4.78, 5) is 36.6. The summed E-state index contributed by atoms with van der Waals surface area (Å²) in [5.41, 5.74) is 0.642. The van der Waals surface area contributed by atoms with E-state index in [1.807, 2.05) is 0 Å². The van der Waals surface area contributed by atoms with Gasteiger partial charge in [-0.1, -0.05) is 11.6 Å². The van der Waals surface area contributed by atoms with Crippen LogP contribution < -0.4 is 4.90 Å². The number of halogens is 1. The van der Waals surface area contributed by atoms with Crippen molar-refractivity contribution < 1.29 is 14.5 Å². The molecule has 1 aliphatic heterocycles. The summed E-state index contributed by atoms with van der Waals surface area (Å²) in [6.45, 7) is 0.231.